The molecule has 2 amide bonds. The van der Waals surface area contributed by atoms with Crippen molar-refractivity contribution in [1.29, 1.82) is 0 Å². The fourth-order valence-corrected chi connectivity index (χ4v) is 6.25. The van der Waals surface area contributed by atoms with Crippen molar-refractivity contribution in [2.45, 2.75) is 42.2 Å². The van der Waals surface area contributed by atoms with E-state index in [9.17, 15) is 9.59 Å². The highest BCUT2D eigenvalue weighted by Gasteiger charge is 2.24. The van der Waals surface area contributed by atoms with Crippen molar-refractivity contribution < 1.29 is 9.59 Å². The SMILES string of the molecule is O=C(Nc1ccc(SC(C(=O)Nc2nc(-c3ccccc3)cs2)c2ccccc2)cc1)C1CCCCC1. The van der Waals surface area contributed by atoms with Gasteiger partial charge in [-0.05, 0) is 42.7 Å². The van der Waals surface area contributed by atoms with E-state index in [1.807, 2.05) is 90.3 Å². The van der Waals surface area contributed by atoms with Gasteiger partial charge in [0.1, 0.15) is 5.25 Å². The van der Waals surface area contributed by atoms with Gasteiger partial charge in [0.15, 0.2) is 5.13 Å². The fraction of sp³-hybridized carbons (Fsp3) is 0.233. The number of aromatic nitrogens is 1. The summed E-state index contributed by atoms with van der Waals surface area (Å²) < 4.78 is 0. The summed E-state index contributed by atoms with van der Waals surface area (Å²) in [6, 6.07) is 27.4. The maximum atomic E-state index is 13.4. The van der Waals surface area contributed by atoms with E-state index < -0.39 is 5.25 Å². The highest BCUT2D eigenvalue weighted by Crippen LogP contribution is 2.37. The molecule has 1 unspecified atom stereocenters. The molecule has 4 aromatic rings. The Morgan fingerprint density at radius 3 is 2.22 bits per heavy atom. The van der Waals surface area contributed by atoms with E-state index in [4.69, 9.17) is 0 Å². The lowest BCUT2D eigenvalue weighted by atomic mass is 9.88. The number of nitrogens with zero attached hydrogens (tertiary/aromatic N) is 1. The van der Waals surface area contributed by atoms with Gasteiger partial charge in [-0.2, -0.15) is 0 Å². The van der Waals surface area contributed by atoms with Crippen LogP contribution in [0.25, 0.3) is 11.3 Å². The van der Waals surface area contributed by atoms with Crippen LogP contribution in [0.5, 0.6) is 0 Å². The van der Waals surface area contributed by atoms with Crippen molar-refractivity contribution in [2.75, 3.05) is 10.6 Å². The van der Waals surface area contributed by atoms with Gasteiger partial charge < -0.3 is 10.6 Å². The highest BCUT2D eigenvalue weighted by molar-refractivity contribution is 8.00. The quantitative estimate of drug-likeness (QED) is 0.229. The van der Waals surface area contributed by atoms with Crippen molar-refractivity contribution in [2.24, 2.45) is 5.92 Å². The first-order valence-electron chi connectivity index (χ1n) is 12.6. The zero-order valence-electron chi connectivity index (χ0n) is 20.4. The minimum Gasteiger partial charge on any atom is -0.326 e. The maximum absolute atomic E-state index is 13.4. The van der Waals surface area contributed by atoms with E-state index in [1.54, 1.807) is 0 Å². The molecule has 0 bridgehead atoms. The molecule has 0 aliphatic heterocycles. The fourth-order valence-electron chi connectivity index (χ4n) is 4.51. The van der Waals surface area contributed by atoms with Crippen LogP contribution in [0.2, 0.25) is 0 Å². The van der Waals surface area contributed by atoms with Gasteiger partial charge in [0, 0.05) is 27.4 Å². The summed E-state index contributed by atoms with van der Waals surface area (Å²) in [6.45, 7) is 0. The Hall–Kier alpha value is -3.42. The third kappa shape index (κ3) is 6.67. The molecule has 1 heterocycles. The zero-order valence-corrected chi connectivity index (χ0v) is 22.1. The lowest BCUT2D eigenvalue weighted by molar-refractivity contribution is -0.120. The van der Waals surface area contributed by atoms with Gasteiger partial charge in [-0.15, -0.1) is 23.1 Å². The van der Waals surface area contributed by atoms with Crippen molar-refractivity contribution in [3.63, 3.8) is 0 Å². The number of nitrogens with one attached hydrogen (secondary N) is 2. The summed E-state index contributed by atoms with van der Waals surface area (Å²) in [5.41, 5.74) is 3.57. The molecule has 2 N–H and O–H groups in total. The second kappa shape index (κ2) is 12.2. The smallest absolute Gasteiger partial charge is 0.244 e. The summed E-state index contributed by atoms with van der Waals surface area (Å²) in [7, 11) is 0. The van der Waals surface area contributed by atoms with E-state index >= 15 is 0 Å². The van der Waals surface area contributed by atoms with Crippen LogP contribution in [-0.4, -0.2) is 16.8 Å². The van der Waals surface area contributed by atoms with Gasteiger partial charge in [0.05, 0.1) is 5.69 Å². The van der Waals surface area contributed by atoms with Crippen LogP contribution >= 0.6 is 23.1 Å². The average Bonchev–Trinajstić information content (AvgIpc) is 3.42. The van der Waals surface area contributed by atoms with Crippen molar-refractivity contribution in [3.8, 4) is 11.3 Å². The molecule has 1 saturated carbocycles. The predicted molar refractivity (Wildman–Crippen MR) is 153 cm³/mol. The van der Waals surface area contributed by atoms with Crippen LogP contribution in [0.3, 0.4) is 0 Å². The number of thiazole rings is 1. The molecule has 188 valence electrons. The molecule has 0 spiro atoms. The molecule has 0 radical (unpaired) electrons. The minimum atomic E-state index is -0.451. The van der Waals surface area contributed by atoms with E-state index in [2.05, 4.69) is 15.6 Å². The number of hydrogen-bond acceptors (Lipinski definition) is 5. The van der Waals surface area contributed by atoms with E-state index in [0.29, 0.717) is 5.13 Å². The molecule has 1 aliphatic carbocycles. The normalized spacial score (nSPS) is 14.6. The molecule has 0 saturated heterocycles. The molecule has 1 fully saturated rings. The number of hydrogen-bond donors (Lipinski definition) is 2. The topological polar surface area (TPSA) is 71.1 Å². The number of carbonyl (C=O) groups is 2. The Kier molecular flexibility index (Phi) is 8.33. The Morgan fingerprint density at radius 1 is 0.838 bits per heavy atom. The monoisotopic (exact) mass is 527 g/mol. The van der Waals surface area contributed by atoms with Crippen molar-refractivity contribution in [1.82, 2.24) is 4.98 Å². The van der Waals surface area contributed by atoms with Gasteiger partial charge in [0.2, 0.25) is 11.8 Å². The molecule has 7 heteroatoms. The average molecular weight is 528 g/mol. The van der Waals surface area contributed by atoms with Gasteiger partial charge in [0.25, 0.3) is 0 Å². The van der Waals surface area contributed by atoms with Gasteiger partial charge in [-0.1, -0.05) is 79.9 Å². The highest BCUT2D eigenvalue weighted by atomic mass is 32.2. The van der Waals surface area contributed by atoms with Crippen LogP contribution in [0, 0.1) is 5.92 Å². The molecule has 1 aromatic heterocycles. The Balaban J connectivity index is 1.27. The molecular weight excluding hydrogens is 498 g/mol. The Labute approximate surface area is 225 Å². The summed E-state index contributed by atoms with van der Waals surface area (Å²) in [4.78, 5) is 31.6. The largest absolute Gasteiger partial charge is 0.326 e. The number of amides is 2. The second-order valence-corrected chi connectivity index (χ2v) is 11.2. The number of thioether (sulfide) groups is 1. The zero-order chi connectivity index (χ0) is 25.5. The lowest BCUT2D eigenvalue weighted by Gasteiger charge is -2.21. The molecule has 5 rings (SSSR count). The molecule has 1 atom stereocenters. The third-order valence-corrected chi connectivity index (χ3v) is 8.52. The van der Waals surface area contributed by atoms with Crippen LogP contribution < -0.4 is 10.6 Å². The van der Waals surface area contributed by atoms with E-state index in [1.165, 1.54) is 29.5 Å². The molecule has 1 aliphatic rings. The summed E-state index contributed by atoms with van der Waals surface area (Å²) >= 11 is 2.90. The first-order chi connectivity index (χ1) is 18.2. The van der Waals surface area contributed by atoms with Gasteiger partial charge in [-0.25, -0.2) is 4.98 Å². The Bertz CT molecular complexity index is 1320. The number of carbonyl (C=O) groups excluding carboxylic acids is 2. The van der Waals surface area contributed by atoms with Crippen LogP contribution in [0.4, 0.5) is 10.8 Å². The number of benzene rings is 3. The van der Waals surface area contributed by atoms with Crippen LogP contribution in [0.1, 0.15) is 42.9 Å². The summed E-state index contributed by atoms with van der Waals surface area (Å²) in [6.07, 6.45) is 5.43. The van der Waals surface area contributed by atoms with Gasteiger partial charge >= 0.3 is 0 Å². The minimum absolute atomic E-state index is 0.111. The van der Waals surface area contributed by atoms with Crippen LogP contribution in [-0.2, 0) is 9.59 Å². The van der Waals surface area contributed by atoms with E-state index in [0.717, 1.165) is 53.1 Å². The Morgan fingerprint density at radius 2 is 1.51 bits per heavy atom. The third-order valence-electron chi connectivity index (χ3n) is 6.50. The van der Waals surface area contributed by atoms with Crippen molar-refractivity contribution in [3.05, 3.63) is 95.9 Å². The molecule has 37 heavy (non-hydrogen) atoms. The predicted octanol–water partition coefficient (Wildman–Crippen LogP) is 7.80. The second-order valence-electron chi connectivity index (χ2n) is 9.15. The standard InChI is InChI=1S/C30H29N3O2S2/c34-28(23-14-8-3-9-15-23)31-24-16-18-25(19-17-24)37-27(22-12-6-2-7-13-22)29(35)33-30-32-26(20-36-30)21-10-4-1-5-11-21/h1-2,4-7,10-13,16-20,23,27H,3,8-9,14-15H2,(H,31,34)(H,32,33,35). The summed E-state index contributed by atoms with van der Waals surface area (Å²) in [5.74, 6) is 0.0991. The maximum Gasteiger partial charge on any atom is 0.244 e. The lowest BCUT2D eigenvalue weighted by Crippen LogP contribution is -2.24. The van der Waals surface area contributed by atoms with Gasteiger partial charge in [-0.3, -0.25) is 9.59 Å². The first-order valence-corrected chi connectivity index (χ1v) is 14.4. The number of rotatable bonds is 8. The molecular formula is C30H29N3O2S2. The first kappa shape index (κ1) is 25.2. The van der Waals surface area contributed by atoms with E-state index in [-0.39, 0.29) is 17.7 Å². The molecule has 3 aromatic carbocycles. The van der Waals surface area contributed by atoms with Crippen LogP contribution in [0.15, 0.2) is 95.2 Å². The summed E-state index contributed by atoms with van der Waals surface area (Å²) in [5, 5.41) is 8.15. The number of anilines is 2. The van der Waals surface area contributed by atoms with Crippen molar-refractivity contribution >= 4 is 45.7 Å². The molecule has 5 nitrogen and oxygen atoms in total.